The zero-order valence-electron chi connectivity index (χ0n) is 18.8. The maximum Gasteiger partial charge on any atom is 0.339 e. The molecule has 5 rings (SSSR count). The third-order valence-corrected chi connectivity index (χ3v) is 6.45. The van der Waals surface area contributed by atoms with Crippen LogP contribution < -0.4 is 15.7 Å². The number of rotatable bonds is 6. The number of morpholine rings is 1. The van der Waals surface area contributed by atoms with Crippen molar-refractivity contribution in [1.82, 2.24) is 4.90 Å². The fourth-order valence-electron chi connectivity index (χ4n) is 4.67. The number of ether oxygens (including phenoxy) is 2. The van der Waals surface area contributed by atoms with Crippen molar-refractivity contribution < 1.29 is 18.7 Å². The molecule has 3 aromatic rings. The minimum Gasteiger partial charge on any atom is -0.483 e. The van der Waals surface area contributed by atoms with Crippen LogP contribution in [0.5, 0.6) is 5.75 Å². The van der Waals surface area contributed by atoms with E-state index in [0.29, 0.717) is 11.3 Å². The monoisotopic (exact) mass is 448 g/mol. The van der Waals surface area contributed by atoms with Crippen molar-refractivity contribution >= 4 is 22.6 Å². The van der Waals surface area contributed by atoms with Crippen molar-refractivity contribution in [2.45, 2.75) is 32.7 Å². The lowest BCUT2D eigenvalue weighted by molar-refractivity contribution is -0.118. The second-order valence-corrected chi connectivity index (χ2v) is 8.69. The molecule has 172 valence electrons. The Morgan fingerprint density at radius 2 is 1.82 bits per heavy atom. The van der Waals surface area contributed by atoms with E-state index in [0.717, 1.165) is 79.9 Å². The molecule has 2 aliphatic rings. The molecule has 33 heavy (non-hydrogen) atoms. The molecule has 0 bridgehead atoms. The molecule has 2 heterocycles. The van der Waals surface area contributed by atoms with Gasteiger partial charge in [0.25, 0.3) is 5.91 Å². The molecule has 0 saturated carbocycles. The Morgan fingerprint density at radius 1 is 1.06 bits per heavy atom. The number of aryl methyl sites for hydroxylation is 2. The molecule has 0 unspecified atom stereocenters. The lowest BCUT2D eigenvalue weighted by Crippen LogP contribution is -2.35. The van der Waals surface area contributed by atoms with E-state index in [2.05, 4.69) is 10.2 Å². The quantitative estimate of drug-likeness (QED) is 0.582. The van der Waals surface area contributed by atoms with E-state index in [4.69, 9.17) is 13.9 Å². The van der Waals surface area contributed by atoms with Gasteiger partial charge in [0.05, 0.1) is 13.2 Å². The minimum absolute atomic E-state index is 0.128. The fraction of sp³-hybridized carbons (Fsp3) is 0.385. The highest BCUT2D eigenvalue weighted by atomic mass is 16.5. The van der Waals surface area contributed by atoms with Gasteiger partial charge in [0.2, 0.25) is 0 Å². The van der Waals surface area contributed by atoms with Crippen LogP contribution in [-0.2, 0) is 28.9 Å². The second kappa shape index (κ2) is 9.37. The van der Waals surface area contributed by atoms with E-state index in [1.165, 1.54) is 5.56 Å². The number of nitrogens with zero attached hydrogens (tertiary/aromatic N) is 1. The van der Waals surface area contributed by atoms with Gasteiger partial charge < -0.3 is 19.2 Å². The summed E-state index contributed by atoms with van der Waals surface area (Å²) in [6.07, 6.45) is 2.65. The summed E-state index contributed by atoms with van der Waals surface area (Å²) in [7, 11) is 0. The molecule has 7 heteroatoms. The van der Waals surface area contributed by atoms with Gasteiger partial charge in [0, 0.05) is 41.8 Å². The molecular weight excluding hydrogens is 420 g/mol. The summed E-state index contributed by atoms with van der Waals surface area (Å²) >= 11 is 0. The fourth-order valence-corrected chi connectivity index (χ4v) is 4.67. The number of amides is 1. The van der Waals surface area contributed by atoms with Crippen LogP contribution in [0, 0.1) is 6.92 Å². The number of carbonyl (C=O) groups is 1. The number of fused-ring (bicyclic) bond motifs is 3. The number of nitrogens with one attached hydrogen (secondary N) is 1. The van der Waals surface area contributed by atoms with Gasteiger partial charge in [-0.3, -0.25) is 9.69 Å². The Labute approximate surface area is 192 Å². The summed E-state index contributed by atoms with van der Waals surface area (Å²) in [5.74, 6) is 0.297. The molecule has 1 N–H and O–H groups in total. The summed E-state index contributed by atoms with van der Waals surface area (Å²) in [6.45, 7) is 6.04. The first-order valence-electron chi connectivity index (χ1n) is 11.5. The Morgan fingerprint density at radius 3 is 2.61 bits per heavy atom. The lowest BCUT2D eigenvalue weighted by atomic mass is 10.0. The number of carbonyl (C=O) groups excluding carboxylic acids is 1. The molecule has 1 aliphatic heterocycles. The Bertz CT molecular complexity index is 1230. The van der Waals surface area contributed by atoms with Crippen LogP contribution in [0.15, 0.2) is 45.6 Å². The number of benzene rings is 2. The van der Waals surface area contributed by atoms with E-state index < -0.39 is 0 Å². The SMILES string of the molecule is Cc1c(OCC(=O)Nc2ccc(CN3CCOCC3)cc2)ccc2c3c(c(=O)oc12)CCC3. The molecule has 7 nitrogen and oxygen atoms in total. The molecule has 1 amide bonds. The van der Waals surface area contributed by atoms with E-state index in [1.807, 2.05) is 43.3 Å². The van der Waals surface area contributed by atoms with Crippen molar-refractivity contribution in [3.63, 3.8) is 0 Å². The van der Waals surface area contributed by atoms with Gasteiger partial charge >= 0.3 is 5.63 Å². The second-order valence-electron chi connectivity index (χ2n) is 8.69. The summed E-state index contributed by atoms with van der Waals surface area (Å²) in [5.41, 5.74) is 4.84. The maximum atomic E-state index is 12.4. The van der Waals surface area contributed by atoms with E-state index >= 15 is 0 Å². The van der Waals surface area contributed by atoms with Gasteiger partial charge in [-0.15, -0.1) is 0 Å². The largest absolute Gasteiger partial charge is 0.483 e. The summed E-state index contributed by atoms with van der Waals surface area (Å²) < 4.78 is 16.8. The zero-order chi connectivity index (χ0) is 22.8. The van der Waals surface area contributed by atoms with Crippen LogP contribution in [0.1, 0.15) is 28.7 Å². The van der Waals surface area contributed by atoms with Gasteiger partial charge in [-0.25, -0.2) is 4.79 Å². The molecule has 0 spiro atoms. The normalized spacial score (nSPS) is 16.0. The van der Waals surface area contributed by atoms with E-state index in [-0.39, 0.29) is 18.1 Å². The van der Waals surface area contributed by atoms with Crippen LogP contribution in [0.2, 0.25) is 0 Å². The predicted octanol–water partition coefficient (Wildman–Crippen LogP) is 3.44. The van der Waals surface area contributed by atoms with Crippen molar-refractivity contribution in [3.8, 4) is 5.75 Å². The van der Waals surface area contributed by atoms with Gasteiger partial charge in [0.1, 0.15) is 11.3 Å². The first-order chi connectivity index (χ1) is 16.1. The maximum absolute atomic E-state index is 12.4. The number of hydrogen-bond donors (Lipinski definition) is 1. The standard InChI is InChI=1S/C26H28N2O5/c1-17-23(10-9-21-20-3-2-4-22(20)26(30)33-25(17)21)32-16-24(29)27-19-7-5-18(6-8-19)15-28-11-13-31-14-12-28/h5-10H,2-4,11-16H2,1H3,(H,27,29). The summed E-state index contributed by atoms with van der Waals surface area (Å²) in [4.78, 5) is 27.1. The lowest BCUT2D eigenvalue weighted by Gasteiger charge is -2.26. The van der Waals surface area contributed by atoms with Crippen molar-refractivity contribution in [1.29, 1.82) is 0 Å². The van der Waals surface area contributed by atoms with Crippen LogP contribution in [0.25, 0.3) is 11.0 Å². The third-order valence-electron chi connectivity index (χ3n) is 6.45. The molecule has 2 aromatic carbocycles. The van der Waals surface area contributed by atoms with Gasteiger partial charge in [-0.2, -0.15) is 0 Å². The highest BCUT2D eigenvalue weighted by Gasteiger charge is 2.21. The van der Waals surface area contributed by atoms with Crippen LogP contribution in [0.3, 0.4) is 0 Å². The predicted molar refractivity (Wildman–Crippen MR) is 126 cm³/mol. The average Bonchev–Trinajstić information content (AvgIpc) is 3.32. The van der Waals surface area contributed by atoms with Crippen LogP contribution >= 0.6 is 0 Å². The topological polar surface area (TPSA) is 81.0 Å². The van der Waals surface area contributed by atoms with E-state index in [9.17, 15) is 9.59 Å². The molecule has 1 aliphatic carbocycles. The Kier molecular flexibility index (Phi) is 6.15. The Balaban J connectivity index is 1.21. The van der Waals surface area contributed by atoms with Crippen molar-refractivity contribution in [3.05, 3.63) is 69.1 Å². The van der Waals surface area contributed by atoms with Gasteiger partial charge in [0.15, 0.2) is 6.61 Å². The third kappa shape index (κ3) is 4.65. The summed E-state index contributed by atoms with van der Waals surface area (Å²) in [5, 5.41) is 3.84. The molecule has 1 saturated heterocycles. The average molecular weight is 449 g/mol. The molecule has 1 aromatic heterocycles. The molecule has 0 atom stereocenters. The van der Waals surface area contributed by atoms with Gasteiger partial charge in [-0.05, 0) is 61.6 Å². The molecule has 1 fully saturated rings. The molecule has 0 radical (unpaired) electrons. The van der Waals surface area contributed by atoms with Crippen LogP contribution in [0.4, 0.5) is 5.69 Å². The first-order valence-corrected chi connectivity index (χ1v) is 11.5. The zero-order valence-corrected chi connectivity index (χ0v) is 18.8. The first kappa shape index (κ1) is 21.7. The summed E-state index contributed by atoms with van der Waals surface area (Å²) in [6, 6.07) is 11.6. The van der Waals surface area contributed by atoms with Crippen molar-refractivity contribution in [2.75, 3.05) is 38.2 Å². The number of anilines is 1. The Hall–Kier alpha value is -3.16. The highest BCUT2D eigenvalue weighted by molar-refractivity contribution is 5.92. The van der Waals surface area contributed by atoms with Gasteiger partial charge in [-0.1, -0.05) is 12.1 Å². The smallest absolute Gasteiger partial charge is 0.339 e. The van der Waals surface area contributed by atoms with Crippen molar-refractivity contribution in [2.24, 2.45) is 0 Å². The minimum atomic E-state index is -0.259. The van der Waals surface area contributed by atoms with E-state index in [1.54, 1.807) is 0 Å². The number of hydrogen-bond acceptors (Lipinski definition) is 6. The highest BCUT2D eigenvalue weighted by Crippen LogP contribution is 2.33. The van der Waals surface area contributed by atoms with Crippen LogP contribution in [-0.4, -0.2) is 43.7 Å². The molecular formula is C26H28N2O5.